The molecule has 31 heavy (non-hydrogen) atoms. The Hall–Kier alpha value is -2.63. The molecule has 2 saturated heterocycles. The Morgan fingerprint density at radius 1 is 1.03 bits per heavy atom. The zero-order valence-electron chi connectivity index (χ0n) is 17.6. The van der Waals surface area contributed by atoms with Gasteiger partial charge in [0, 0.05) is 30.1 Å². The maximum atomic E-state index is 13.0. The normalized spacial score (nSPS) is 25.3. The Morgan fingerprint density at radius 2 is 1.84 bits per heavy atom. The number of methoxy groups -OCH3 is 1. The van der Waals surface area contributed by atoms with Crippen LogP contribution in [0.25, 0.3) is 0 Å². The van der Waals surface area contributed by atoms with Gasteiger partial charge in [0.2, 0.25) is 0 Å². The smallest absolute Gasteiger partial charge is 0.348 e. The van der Waals surface area contributed by atoms with Crippen molar-refractivity contribution in [3.05, 3.63) is 88.1 Å². The number of thiophene rings is 1. The van der Waals surface area contributed by atoms with Gasteiger partial charge in [0.05, 0.1) is 7.11 Å². The van der Waals surface area contributed by atoms with E-state index in [1.807, 2.05) is 35.7 Å². The number of piperidine rings is 1. The van der Waals surface area contributed by atoms with Crippen molar-refractivity contribution in [2.45, 2.75) is 49.9 Å². The zero-order chi connectivity index (χ0) is 21.2. The van der Waals surface area contributed by atoms with E-state index in [0.29, 0.717) is 10.9 Å². The van der Waals surface area contributed by atoms with Crippen LogP contribution in [0.15, 0.2) is 72.1 Å². The first-order chi connectivity index (χ1) is 15.2. The summed E-state index contributed by atoms with van der Waals surface area (Å²) in [4.78, 5) is 16.2. The van der Waals surface area contributed by atoms with Crippen molar-refractivity contribution in [1.29, 1.82) is 0 Å². The van der Waals surface area contributed by atoms with Crippen LogP contribution in [0.1, 0.15) is 46.0 Å². The van der Waals surface area contributed by atoms with Gasteiger partial charge in [0.25, 0.3) is 0 Å². The number of carbonyl (C=O) groups excluding carboxylic acids is 1. The van der Waals surface area contributed by atoms with Crippen LogP contribution in [-0.2, 0) is 11.3 Å². The van der Waals surface area contributed by atoms with E-state index in [1.54, 1.807) is 7.11 Å². The average Bonchev–Trinajstić information content (AvgIpc) is 3.44. The fourth-order valence-corrected chi connectivity index (χ4v) is 5.93. The molecule has 0 saturated carbocycles. The third kappa shape index (κ3) is 4.00. The van der Waals surface area contributed by atoms with E-state index in [0.717, 1.165) is 37.1 Å². The lowest BCUT2D eigenvalue weighted by Crippen LogP contribution is -2.52. The van der Waals surface area contributed by atoms with Crippen molar-refractivity contribution in [2.75, 3.05) is 7.11 Å². The van der Waals surface area contributed by atoms with Gasteiger partial charge in [-0.1, -0.05) is 54.6 Å². The molecule has 2 aromatic carbocycles. The molecule has 4 atom stereocenters. The predicted molar refractivity (Wildman–Crippen MR) is 123 cm³/mol. The van der Waals surface area contributed by atoms with E-state index >= 15 is 0 Å². The topological polar surface area (TPSA) is 38.8 Å². The highest BCUT2D eigenvalue weighted by Gasteiger charge is 2.50. The summed E-state index contributed by atoms with van der Waals surface area (Å²) in [5.41, 5.74) is 2.45. The van der Waals surface area contributed by atoms with Gasteiger partial charge >= 0.3 is 5.97 Å². The lowest BCUT2D eigenvalue weighted by atomic mass is 9.81. The summed E-state index contributed by atoms with van der Waals surface area (Å²) in [6.45, 7) is 0.891. The van der Waals surface area contributed by atoms with Gasteiger partial charge < -0.3 is 9.47 Å². The Morgan fingerprint density at radius 3 is 2.61 bits per heavy atom. The summed E-state index contributed by atoms with van der Waals surface area (Å²) in [6, 6.07) is 23.2. The number of fused-ring (bicyclic) bond motifs is 2. The van der Waals surface area contributed by atoms with E-state index in [9.17, 15) is 4.79 Å². The van der Waals surface area contributed by atoms with E-state index < -0.39 is 0 Å². The molecule has 2 aliphatic rings. The van der Waals surface area contributed by atoms with Crippen molar-refractivity contribution in [3.63, 3.8) is 0 Å². The third-order valence-corrected chi connectivity index (χ3v) is 7.55. The number of nitrogens with zero attached hydrogens (tertiary/aromatic N) is 1. The number of hydrogen-bond acceptors (Lipinski definition) is 5. The first-order valence-electron chi connectivity index (χ1n) is 10.9. The minimum Gasteiger partial charge on any atom is -0.496 e. The van der Waals surface area contributed by atoms with Crippen LogP contribution < -0.4 is 4.74 Å². The number of benzene rings is 2. The van der Waals surface area contributed by atoms with Crippen LogP contribution >= 0.6 is 11.3 Å². The molecule has 2 fully saturated rings. The number of carbonyl (C=O) groups is 1. The summed E-state index contributed by atoms with van der Waals surface area (Å²) in [5, 5.41) is 1.92. The van der Waals surface area contributed by atoms with Crippen molar-refractivity contribution in [2.24, 2.45) is 0 Å². The summed E-state index contributed by atoms with van der Waals surface area (Å²) in [6.07, 6.45) is 2.95. The molecule has 0 aliphatic carbocycles. The van der Waals surface area contributed by atoms with Crippen LogP contribution in [-0.4, -0.2) is 36.2 Å². The average molecular weight is 434 g/mol. The Bertz CT molecular complexity index is 1020. The van der Waals surface area contributed by atoms with E-state index in [-0.39, 0.29) is 24.0 Å². The summed E-state index contributed by atoms with van der Waals surface area (Å²) < 4.78 is 12.0. The van der Waals surface area contributed by atoms with Crippen molar-refractivity contribution in [3.8, 4) is 5.75 Å². The SMILES string of the molecule is COc1ccccc1[C@@H]1C[C@H]2CC[C@@H]([C@H]1OC(=O)c1cccs1)N2Cc1ccccc1. The maximum absolute atomic E-state index is 13.0. The Balaban J connectivity index is 1.48. The lowest BCUT2D eigenvalue weighted by Gasteiger charge is -2.44. The molecule has 2 aliphatic heterocycles. The van der Waals surface area contributed by atoms with Crippen molar-refractivity contribution < 1.29 is 14.3 Å². The van der Waals surface area contributed by atoms with Crippen LogP contribution in [0.3, 0.4) is 0 Å². The molecule has 2 bridgehead atoms. The molecule has 0 N–H and O–H groups in total. The van der Waals surface area contributed by atoms with Crippen LogP contribution in [0, 0.1) is 0 Å². The molecular weight excluding hydrogens is 406 g/mol. The monoisotopic (exact) mass is 433 g/mol. The summed E-state index contributed by atoms with van der Waals surface area (Å²) >= 11 is 1.43. The minimum atomic E-state index is -0.218. The van der Waals surface area contributed by atoms with Crippen LogP contribution in [0.2, 0.25) is 0 Å². The fourth-order valence-electron chi connectivity index (χ4n) is 5.32. The van der Waals surface area contributed by atoms with E-state index in [4.69, 9.17) is 9.47 Å². The molecule has 5 rings (SSSR count). The number of rotatable bonds is 6. The van der Waals surface area contributed by atoms with Gasteiger partial charge in [-0.05, 0) is 42.3 Å². The van der Waals surface area contributed by atoms with Gasteiger partial charge in [-0.3, -0.25) is 4.90 Å². The summed E-state index contributed by atoms with van der Waals surface area (Å²) in [5.74, 6) is 0.787. The molecular formula is C26H27NO3S. The lowest BCUT2D eigenvalue weighted by molar-refractivity contribution is -0.0342. The standard InChI is InChI=1S/C26H27NO3S/c1-29-23-11-6-5-10-20(23)21-16-19-13-14-22(27(19)17-18-8-3-2-4-9-18)25(21)30-26(28)24-12-7-15-31-24/h2-12,15,19,21-22,25H,13-14,16-17H2,1H3/t19-,21+,22+,25+/m1/s1. The number of para-hydroxylation sites is 1. The predicted octanol–water partition coefficient (Wildman–Crippen LogP) is 5.50. The highest BCUT2D eigenvalue weighted by atomic mass is 32.1. The fraction of sp³-hybridized carbons (Fsp3) is 0.346. The molecule has 5 heteroatoms. The number of hydrogen-bond donors (Lipinski definition) is 0. The Kier molecular flexibility index (Phi) is 5.79. The third-order valence-electron chi connectivity index (χ3n) is 6.70. The van der Waals surface area contributed by atoms with Gasteiger partial charge in [-0.25, -0.2) is 4.79 Å². The van der Waals surface area contributed by atoms with Gasteiger partial charge in [0.15, 0.2) is 0 Å². The van der Waals surface area contributed by atoms with Gasteiger partial charge in [-0.15, -0.1) is 11.3 Å². The first kappa shape index (κ1) is 20.3. The molecule has 0 spiro atoms. The minimum absolute atomic E-state index is 0.129. The van der Waals surface area contributed by atoms with E-state index in [1.165, 1.54) is 16.9 Å². The molecule has 0 radical (unpaired) electrons. The highest BCUT2D eigenvalue weighted by molar-refractivity contribution is 7.11. The largest absolute Gasteiger partial charge is 0.496 e. The molecule has 1 aromatic heterocycles. The number of esters is 1. The maximum Gasteiger partial charge on any atom is 0.348 e. The molecule has 0 unspecified atom stereocenters. The van der Waals surface area contributed by atoms with Crippen molar-refractivity contribution in [1.82, 2.24) is 4.90 Å². The Labute approximate surface area is 187 Å². The second-order valence-corrected chi connectivity index (χ2v) is 9.34. The highest BCUT2D eigenvalue weighted by Crippen LogP contribution is 2.47. The molecule has 3 heterocycles. The quantitative estimate of drug-likeness (QED) is 0.481. The molecule has 4 nitrogen and oxygen atoms in total. The van der Waals surface area contributed by atoms with Crippen LogP contribution in [0.4, 0.5) is 0 Å². The molecule has 3 aromatic rings. The second-order valence-electron chi connectivity index (χ2n) is 8.39. The second kappa shape index (κ2) is 8.85. The summed E-state index contributed by atoms with van der Waals surface area (Å²) in [7, 11) is 1.71. The van der Waals surface area contributed by atoms with Crippen molar-refractivity contribution >= 4 is 17.3 Å². The van der Waals surface area contributed by atoms with Gasteiger partial charge in [0.1, 0.15) is 16.7 Å². The molecule has 160 valence electrons. The van der Waals surface area contributed by atoms with Crippen LogP contribution in [0.5, 0.6) is 5.75 Å². The first-order valence-corrected chi connectivity index (χ1v) is 11.8. The van der Waals surface area contributed by atoms with Gasteiger partial charge in [-0.2, -0.15) is 0 Å². The molecule has 0 amide bonds. The number of ether oxygens (including phenoxy) is 2. The zero-order valence-corrected chi connectivity index (χ0v) is 18.5. The van der Waals surface area contributed by atoms with E-state index in [2.05, 4.69) is 41.3 Å².